The van der Waals surface area contributed by atoms with Gasteiger partial charge in [-0.2, -0.15) is 0 Å². The standard InChI is InChI=1S/C53H58N8O12S/c62-44(17-22-69-24-26-71-28-30-73-31-29-72-27-25-70-23-20-55-42-8-4-7-40-46(42)52(68)61(51(40)67)43-15-16-45(63)58-48(43)64)56-19-18-54-39-13-11-35(12-14-39)37-9-10-38-34-60(50(66)41(38)33-37)47(36-5-2-1-3-6-36)49(65)59-53-57-21-32-74-53/h1-14,21,32-33,43,47,54-55H,15-20,22-31,34H2,(H,56,62)(H,57,59,65)(H,58,63,64). The molecule has 3 aliphatic heterocycles. The average molecular weight is 1030 g/mol. The largest absolute Gasteiger partial charge is 0.383 e. The third-order valence-corrected chi connectivity index (χ3v) is 13.0. The van der Waals surface area contributed by atoms with E-state index >= 15 is 0 Å². The van der Waals surface area contributed by atoms with Crippen LogP contribution in [0, 0.1) is 0 Å². The molecule has 5 aromatic rings. The highest BCUT2D eigenvalue weighted by molar-refractivity contribution is 7.13. The Morgan fingerprint density at radius 2 is 1.38 bits per heavy atom. The number of anilines is 3. The molecule has 1 saturated heterocycles. The van der Waals surface area contributed by atoms with Crippen molar-refractivity contribution < 1.29 is 57.2 Å². The topological polar surface area (TPSA) is 245 Å². The van der Waals surface area contributed by atoms with Gasteiger partial charge in [0.1, 0.15) is 12.1 Å². The number of hydrogen-bond acceptors (Lipinski definition) is 16. The van der Waals surface area contributed by atoms with Gasteiger partial charge in [-0.3, -0.25) is 49.1 Å². The molecule has 74 heavy (non-hydrogen) atoms. The van der Waals surface area contributed by atoms with Gasteiger partial charge in [-0.1, -0.05) is 60.7 Å². The Morgan fingerprint density at radius 3 is 2.07 bits per heavy atom. The first-order valence-electron chi connectivity index (χ1n) is 24.4. The molecular formula is C53H58N8O12S. The Balaban J connectivity index is 0.611. The number of imide groups is 2. The third-order valence-electron chi connectivity index (χ3n) is 12.3. The van der Waals surface area contributed by atoms with Crippen molar-refractivity contribution in [3.8, 4) is 11.1 Å². The summed E-state index contributed by atoms with van der Waals surface area (Å²) in [4.78, 5) is 96.6. The van der Waals surface area contributed by atoms with Gasteiger partial charge < -0.3 is 44.5 Å². The van der Waals surface area contributed by atoms with Crippen molar-refractivity contribution in [2.75, 3.05) is 102 Å². The minimum Gasteiger partial charge on any atom is -0.383 e. The summed E-state index contributed by atoms with van der Waals surface area (Å²) in [6, 6.07) is 26.0. The molecule has 1 fully saturated rings. The minimum absolute atomic E-state index is 0.0528. The van der Waals surface area contributed by atoms with Crippen LogP contribution in [0.2, 0.25) is 0 Å². The van der Waals surface area contributed by atoms with E-state index in [1.165, 1.54) is 11.3 Å². The minimum atomic E-state index is -1.03. The van der Waals surface area contributed by atoms with Crippen LogP contribution in [-0.4, -0.2) is 148 Å². The van der Waals surface area contributed by atoms with Crippen molar-refractivity contribution in [1.29, 1.82) is 0 Å². The molecule has 388 valence electrons. The zero-order valence-corrected chi connectivity index (χ0v) is 41.5. The van der Waals surface area contributed by atoms with E-state index in [1.807, 2.05) is 72.8 Å². The number of carbonyl (C=O) groups is 7. The molecule has 0 spiro atoms. The van der Waals surface area contributed by atoms with Gasteiger partial charge in [-0.05, 0) is 59.0 Å². The maximum absolute atomic E-state index is 13.9. The molecule has 0 bridgehead atoms. The van der Waals surface area contributed by atoms with Crippen LogP contribution in [0.5, 0.6) is 0 Å². The van der Waals surface area contributed by atoms with Crippen LogP contribution in [0.25, 0.3) is 11.1 Å². The lowest BCUT2D eigenvalue weighted by atomic mass is 10.00. The predicted octanol–water partition coefficient (Wildman–Crippen LogP) is 4.66. The van der Waals surface area contributed by atoms with Gasteiger partial charge in [0.25, 0.3) is 23.6 Å². The van der Waals surface area contributed by atoms with Crippen LogP contribution < -0.4 is 26.6 Å². The number of piperidine rings is 1. The van der Waals surface area contributed by atoms with E-state index in [-0.39, 0.29) is 54.7 Å². The molecule has 20 nitrogen and oxygen atoms in total. The first-order chi connectivity index (χ1) is 36.2. The second-order valence-corrected chi connectivity index (χ2v) is 18.1. The number of thiazole rings is 1. The Morgan fingerprint density at radius 1 is 0.689 bits per heavy atom. The SMILES string of the molecule is O=C(CCOCCOCCOCCOCCOCCNc1cccc2c1C(=O)N(C1CCC(=O)NC1=O)C2=O)NCCNc1ccc(-c2ccc3c(c2)C(=O)N(C(C(=O)Nc2nccs2)c2ccccc2)C3)cc1. The molecule has 21 heteroatoms. The average Bonchev–Trinajstić information content (AvgIpc) is 4.11. The Hall–Kier alpha value is -7.40. The summed E-state index contributed by atoms with van der Waals surface area (Å²) in [5, 5.41) is 16.7. The summed E-state index contributed by atoms with van der Waals surface area (Å²) in [7, 11) is 0. The van der Waals surface area contributed by atoms with Crippen LogP contribution in [0.3, 0.4) is 0 Å². The van der Waals surface area contributed by atoms with Gasteiger partial charge >= 0.3 is 0 Å². The summed E-state index contributed by atoms with van der Waals surface area (Å²) >= 11 is 1.32. The number of nitrogens with one attached hydrogen (secondary N) is 5. The van der Waals surface area contributed by atoms with Gasteiger partial charge in [0.2, 0.25) is 17.7 Å². The van der Waals surface area contributed by atoms with E-state index in [1.54, 1.807) is 34.7 Å². The second kappa shape index (κ2) is 26.5. The molecule has 7 amide bonds. The number of amides is 7. The number of ether oxygens (including phenoxy) is 5. The van der Waals surface area contributed by atoms with Gasteiger partial charge in [0.05, 0.1) is 77.2 Å². The number of benzene rings is 4. The molecule has 0 aliphatic carbocycles. The molecule has 1 aromatic heterocycles. The molecule has 3 aliphatic rings. The lowest BCUT2D eigenvalue weighted by Gasteiger charge is -2.27. The van der Waals surface area contributed by atoms with E-state index in [0.717, 1.165) is 27.3 Å². The van der Waals surface area contributed by atoms with Crippen molar-refractivity contribution in [3.05, 3.63) is 130 Å². The molecule has 8 rings (SSSR count). The molecule has 4 heterocycles. The van der Waals surface area contributed by atoms with Crippen molar-refractivity contribution in [1.82, 2.24) is 25.4 Å². The first-order valence-corrected chi connectivity index (χ1v) is 25.3. The summed E-state index contributed by atoms with van der Waals surface area (Å²) in [5.74, 6) is -2.87. The Kier molecular flexibility index (Phi) is 19.0. The van der Waals surface area contributed by atoms with E-state index < -0.39 is 35.7 Å². The van der Waals surface area contributed by atoms with E-state index in [0.29, 0.717) is 108 Å². The number of fused-ring (bicyclic) bond motifs is 2. The van der Waals surface area contributed by atoms with Crippen molar-refractivity contribution >= 4 is 69.2 Å². The van der Waals surface area contributed by atoms with Crippen LogP contribution in [0.15, 0.2) is 103 Å². The second-order valence-electron chi connectivity index (χ2n) is 17.2. The fourth-order valence-corrected chi connectivity index (χ4v) is 9.15. The summed E-state index contributed by atoms with van der Waals surface area (Å²) in [6.45, 7) is 5.17. The van der Waals surface area contributed by atoms with E-state index in [9.17, 15) is 33.6 Å². The smallest absolute Gasteiger partial charge is 0.264 e. The number of nitrogens with zero attached hydrogens (tertiary/aromatic N) is 3. The highest BCUT2D eigenvalue weighted by atomic mass is 32.1. The Labute approximate surface area is 431 Å². The van der Waals surface area contributed by atoms with Gasteiger partial charge in [0, 0.05) is 67.5 Å². The van der Waals surface area contributed by atoms with Crippen molar-refractivity contribution in [2.45, 2.75) is 37.9 Å². The summed E-state index contributed by atoms with van der Waals surface area (Å²) < 4.78 is 27.8. The van der Waals surface area contributed by atoms with Crippen LogP contribution in [-0.2, 0) is 49.4 Å². The zero-order valence-electron chi connectivity index (χ0n) is 40.6. The summed E-state index contributed by atoms with van der Waals surface area (Å²) in [6.07, 6.45) is 1.99. The van der Waals surface area contributed by atoms with Crippen LogP contribution in [0.4, 0.5) is 16.5 Å². The molecule has 2 unspecified atom stereocenters. The van der Waals surface area contributed by atoms with Crippen LogP contribution >= 0.6 is 11.3 Å². The fraction of sp³-hybridized carbons (Fsp3) is 0.358. The van der Waals surface area contributed by atoms with E-state index in [4.69, 9.17) is 23.7 Å². The van der Waals surface area contributed by atoms with Crippen molar-refractivity contribution in [2.24, 2.45) is 0 Å². The zero-order chi connectivity index (χ0) is 51.7. The molecule has 0 radical (unpaired) electrons. The lowest BCUT2D eigenvalue weighted by Crippen LogP contribution is -2.54. The predicted molar refractivity (Wildman–Crippen MR) is 273 cm³/mol. The monoisotopic (exact) mass is 1030 g/mol. The fourth-order valence-electron chi connectivity index (χ4n) is 8.62. The maximum Gasteiger partial charge on any atom is 0.264 e. The van der Waals surface area contributed by atoms with Crippen LogP contribution in [0.1, 0.15) is 67.5 Å². The number of aromatic nitrogens is 1. The molecule has 5 N–H and O–H groups in total. The molecular weight excluding hydrogens is 973 g/mol. The number of hydrogen-bond donors (Lipinski definition) is 5. The number of rotatable bonds is 29. The van der Waals surface area contributed by atoms with Crippen molar-refractivity contribution in [3.63, 3.8) is 0 Å². The lowest BCUT2D eigenvalue weighted by molar-refractivity contribution is -0.136. The normalized spacial score (nSPS) is 15.5. The molecule has 2 atom stereocenters. The number of carbonyl (C=O) groups excluding carboxylic acids is 7. The first kappa shape index (κ1) is 52.9. The van der Waals surface area contributed by atoms with Gasteiger partial charge in [-0.25, -0.2) is 4.98 Å². The highest BCUT2D eigenvalue weighted by Gasteiger charge is 2.45. The Bertz CT molecular complexity index is 2760. The quantitative estimate of drug-likeness (QED) is 0.0323. The molecule has 0 saturated carbocycles. The third kappa shape index (κ3) is 13.8. The highest BCUT2D eigenvalue weighted by Crippen LogP contribution is 2.36. The van der Waals surface area contributed by atoms with Gasteiger partial charge in [-0.15, -0.1) is 11.3 Å². The molecule has 4 aromatic carbocycles. The van der Waals surface area contributed by atoms with Gasteiger partial charge in [0.15, 0.2) is 5.13 Å². The summed E-state index contributed by atoms with van der Waals surface area (Å²) in [5.41, 5.74) is 5.70. The van der Waals surface area contributed by atoms with E-state index in [2.05, 4.69) is 31.6 Å². The maximum atomic E-state index is 13.9.